The number of hydrogen-bond acceptors (Lipinski definition) is 0. The zero-order valence-electron chi connectivity index (χ0n) is 8.58. The first-order valence-corrected chi connectivity index (χ1v) is 2.87. The normalized spacial score (nSPS) is 5.23. The van der Waals surface area contributed by atoms with E-state index in [2.05, 4.69) is 27.5 Å². The minimum Gasteiger partial charge on any atom is -0.696 e. The quantitative estimate of drug-likeness (QED) is 0.364. The molecule has 0 atom stereocenters. The molecule has 0 aromatic rings. The van der Waals surface area contributed by atoms with Gasteiger partial charge in [-0.05, 0) is 27.5 Å². The molecule has 0 aliphatic carbocycles. The van der Waals surface area contributed by atoms with E-state index in [4.69, 9.17) is 11.5 Å². The zero-order valence-corrected chi connectivity index (χ0v) is 14.3. The van der Waals surface area contributed by atoms with Crippen molar-refractivity contribution >= 4 is 13.4 Å². The Kier molecular flexibility index (Phi) is 65.7. The van der Waals surface area contributed by atoms with Gasteiger partial charge in [0.1, 0.15) is 14.1 Å². The predicted octanol–water partition coefficient (Wildman–Crippen LogP) is 1.29. The van der Waals surface area contributed by atoms with Gasteiger partial charge in [-0.15, -0.1) is 0 Å². The second kappa shape index (κ2) is 29.2. The molecule has 6 heteroatoms. The Morgan fingerprint density at radius 3 is 1.00 bits per heavy atom. The minimum absolute atomic E-state index is 0. The summed E-state index contributed by atoms with van der Waals surface area (Å²) in [6.07, 6.45) is 0. The molecular weight excluding hydrogens is 318 g/mol. The van der Waals surface area contributed by atoms with Crippen LogP contribution in [0.25, 0.3) is 11.5 Å². The van der Waals surface area contributed by atoms with E-state index >= 15 is 0 Å². The van der Waals surface area contributed by atoms with Gasteiger partial charge < -0.3 is 20.6 Å². The second-order valence-electron chi connectivity index (χ2n) is 1.89. The van der Waals surface area contributed by atoms with Gasteiger partial charge in [0, 0.05) is 65.4 Å². The van der Waals surface area contributed by atoms with E-state index in [0.29, 0.717) is 0 Å². The molecule has 0 fully saturated rings. The van der Waals surface area contributed by atoms with Crippen LogP contribution in [0.3, 0.4) is 0 Å². The summed E-state index contributed by atoms with van der Waals surface area (Å²) < 4.78 is 3.00. The van der Waals surface area contributed by atoms with Gasteiger partial charge in [0.15, 0.2) is 0 Å². The monoisotopic (exact) mass is 336 g/mol. The van der Waals surface area contributed by atoms with Gasteiger partial charge in [0.05, 0.1) is 0 Å². The molecule has 2 radical (unpaired) electrons. The summed E-state index contributed by atoms with van der Waals surface area (Å²) >= 11 is 0. The van der Waals surface area contributed by atoms with E-state index in [9.17, 15) is 0 Å². The van der Waals surface area contributed by atoms with Gasteiger partial charge in [-0.3, -0.25) is 6.67 Å². The summed E-state index contributed by atoms with van der Waals surface area (Å²) in [6, 6.07) is 0. The maximum atomic E-state index is 5.88. The Hall–Kier alpha value is 1.21. The summed E-state index contributed by atoms with van der Waals surface area (Å²) in [5.74, 6) is 0. The molecule has 0 unspecified atom stereocenters. The maximum absolute atomic E-state index is 5.88. The number of rotatable bonds is 0. The van der Waals surface area contributed by atoms with Crippen molar-refractivity contribution < 1.29 is 74.6 Å². The van der Waals surface area contributed by atoms with Gasteiger partial charge >= 0.3 is 0 Å². The van der Waals surface area contributed by atoms with Crippen LogP contribution in [0.2, 0.25) is 0 Å². The van der Waals surface area contributed by atoms with Crippen molar-refractivity contribution in [1.82, 2.24) is 0 Å². The van der Waals surface area contributed by atoms with E-state index in [1.807, 2.05) is 0 Å². The molecule has 0 saturated carbocycles. The van der Waals surface area contributed by atoms with Crippen molar-refractivity contribution in [2.24, 2.45) is 0 Å². The average Bonchev–Trinajstić information content (AvgIpc) is 1.60. The molecule has 0 aliphatic rings. The summed E-state index contributed by atoms with van der Waals surface area (Å²) in [6.45, 7) is 6.47. The van der Waals surface area contributed by atoms with Gasteiger partial charge in [-0.1, -0.05) is 0 Å². The smallest absolute Gasteiger partial charge is 0.104 e. The Morgan fingerprint density at radius 1 is 1.00 bits per heavy atom. The molecule has 0 saturated heterocycles. The second-order valence-corrected chi connectivity index (χ2v) is 1.89. The van der Waals surface area contributed by atoms with E-state index in [1.54, 1.807) is 14.1 Å². The average molecular weight is 336 g/mol. The van der Waals surface area contributed by atoms with Crippen molar-refractivity contribution in [3.8, 4) is 0 Å². The van der Waals surface area contributed by atoms with Crippen molar-refractivity contribution in [1.29, 1.82) is 0 Å². The van der Waals surface area contributed by atoms with E-state index < -0.39 is 0 Å². The van der Waals surface area contributed by atoms with Crippen molar-refractivity contribution in [2.75, 3.05) is 20.8 Å². The summed E-state index contributed by atoms with van der Waals surface area (Å²) in [7, 11) is 10.3. The molecule has 0 bridgehead atoms. The molecule has 0 heterocycles. The van der Waals surface area contributed by atoms with Gasteiger partial charge in [0.2, 0.25) is 0 Å². The van der Waals surface area contributed by atoms with Gasteiger partial charge in [-0.2, -0.15) is 0 Å². The van der Waals surface area contributed by atoms with Crippen LogP contribution >= 0.6 is 0 Å². The summed E-state index contributed by atoms with van der Waals surface area (Å²) in [5.41, 5.74) is 11.8. The Balaban J connectivity index is -0.0000000231. The maximum Gasteiger partial charge on any atom is 0.104 e. The van der Waals surface area contributed by atoms with Crippen LogP contribution in [-0.4, -0.2) is 43.4 Å². The zero-order chi connectivity index (χ0) is 9.86. The minimum atomic E-state index is -0.250. The fraction of sp³-hybridized carbons (Fsp3) is 0.429. The fourth-order valence-electron chi connectivity index (χ4n) is 0. The van der Waals surface area contributed by atoms with Crippen LogP contribution in [0.15, 0.2) is 0 Å². The summed E-state index contributed by atoms with van der Waals surface area (Å²) in [4.78, 5) is 0. The van der Waals surface area contributed by atoms with Gasteiger partial charge in [-0.25, -0.2) is 0 Å². The molecule has 0 aromatic heterocycles. The van der Waals surface area contributed by atoms with Crippen molar-refractivity contribution in [3.05, 3.63) is 25.6 Å². The molecule has 2 N–H and O–H groups in total. The van der Waals surface area contributed by atoms with E-state index in [-0.39, 0.29) is 72.1 Å². The third-order valence-electron chi connectivity index (χ3n) is 0. The standard InChI is InChI=1S/2C3H7N.CH4N2.2Y/c2*1-4(2)3;2-1-3;;/h2*1-2H2,3H3;2-3H,1H2;;/q;;-2;;. The SMILES string of the molecule is C=[N+]([CH2-])C.C=[N+]([CH2-])C.[NH-]C[NH-].[Y].[Y]. The van der Waals surface area contributed by atoms with Crippen molar-refractivity contribution in [3.63, 3.8) is 0 Å². The first-order chi connectivity index (χ1) is 4.88. The third kappa shape index (κ3) is 1140. The Morgan fingerprint density at radius 2 is 1.00 bits per heavy atom. The van der Waals surface area contributed by atoms with Crippen molar-refractivity contribution in [2.45, 2.75) is 0 Å². The Labute approximate surface area is 133 Å². The molecular formula is C7H18N4Y2-2. The molecule has 13 heavy (non-hydrogen) atoms. The number of nitrogens with one attached hydrogen (secondary N) is 2. The molecule has 0 rings (SSSR count). The topological polar surface area (TPSA) is 53.6 Å². The van der Waals surface area contributed by atoms with Crippen LogP contribution < -0.4 is 0 Å². The van der Waals surface area contributed by atoms with Crippen LogP contribution in [-0.2, 0) is 65.4 Å². The van der Waals surface area contributed by atoms with E-state index in [0.717, 1.165) is 0 Å². The van der Waals surface area contributed by atoms with E-state index in [1.165, 1.54) is 9.15 Å². The third-order valence-corrected chi connectivity index (χ3v) is 0. The number of hydrogen-bond donors (Lipinski definition) is 0. The van der Waals surface area contributed by atoms with Crippen LogP contribution in [0.1, 0.15) is 0 Å². The number of nitrogens with zero attached hydrogens (tertiary/aromatic N) is 2. The predicted molar refractivity (Wildman–Crippen MR) is 50.8 cm³/mol. The molecule has 0 spiro atoms. The molecule has 4 nitrogen and oxygen atoms in total. The fourth-order valence-corrected chi connectivity index (χ4v) is 0. The molecule has 0 amide bonds. The largest absolute Gasteiger partial charge is 0.696 e. The Bertz CT molecular complexity index is 86.7. The van der Waals surface area contributed by atoms with Crippen LogP contribution in [0.4, 0.5) is 0 Å². The first kappa shape index (κ1) is 29.2. The molecule has 0 aromatic carbocycles. The van der Waals surface area contributed by atoms with Crippen LogP contribution in [0.5, 0.6) is 0 Å². The molecule has 0 aliphatic heterocycles. The molecule has 74 valence electrons. The first-order valence-electron chi connectivity index (χ1n) is 2.87. The van der Waals surface area contributed by atoms with Crippen LogP contribution in [0, 0.1) is 14.1 Å². The van der Waals surface area contributed by atoms with Gasteiger partial charge in [0.25, 0.3) is 0 Å². The summed E-state index contributed by atoms with van der Waals surface area (Å²) in [5, 5.41) is 0.